The number of nitrogens with zero attached hydrogens (tertiary/aromatic N) is 2. The lowest BCUT2D eigenvalue weighted by molar-refractivity contribution is 0.0161. The summed E-state index contributed by atoms with van der Waals surface area (Å²) in [6.07, 6.45) is 5.11. The van der Waals surface area contributed by atoms with Gasteiger partial charge in [-0.3, -0.25) is 9.89 Å². The van der Waals surface area contributed by atoms with E-state index in [1.165, 1.54) is 11.4 Å². The van der Waals surface area contributed by atoms with Gasteiger partial charge in [0.25, 0.3) is 0 Å². The summed E-state index contributed by atoms with van der Waals surface area (Å²) in [5.74, 6) is 0. The minimum atomic E-state index is 0.178. The molecule has 3 aliphatic heterocycles. The number of ether oxygens (including phenoxy) is 1. The van der Waals surface area contributed by atoms with E-state index in [1.54, 1.807) is 11.8 Å². The second-order valence-corrected chi connectivity index (χ2v) is 6.08. The van der Waals surface area contributed by atoms with Crippen LogP contribution in [0, 0.1) is 0 Å². The number of rotatable bonds is 2. The summed E-state index contributed by atoms with van der Waals surface area (Å²) >= 11 is 1.77. The van der Waals surface area contributed by atoms with Crippen molar-refractivity contribution in [1.29, 1.82) is 0 Å². The molecule has 0 spiro atoms. The first-order valence-corrected chi connectivity index (χ1v) is 7.68. The lowest BCUT2D eigenvalue weighted by atomic mass is 10.1. The largest absolute Gasteiger partial charge is 0.378 e. The Morgan fingerprint density at radius 3 is 3.17 bits per heavy atom. The van der Waals surface area contributed by atoms with Crippen LogP contribution in [0.4, 0.5) is 0 Å². The highest BCUT2D eigenvalue weighted by Gasteiger charge is 2.32. The molecule has 3 aliphatic rings. The molecular formula is C12H20N4OS. The third kappa shape index (κ3) is 2.42. The molecule has 0 aromatic carbocycles. The van der Waals surface area contributed by atoms with Crippen molar-refractivity contribution in [1.82, 2.24) is 10.2 Å². The topological polar surface area (TPSA) is 62.9 Å². The molecule has 0 radical (unpaired) electrons. The summed E-state index contributed by atoms with van der Waals surface area (Å²) in [5, 5.41) is 3.84. The van der Waals surface area contributed by atoms with E-state index in [-0.39, 0.29) is 6.04 Å². The molecule has 0 aliphatic carbocycles. The summed E-state index contributed by atoms with van der Waals surface area (Å²) in [6.45, 7) is 3.36. The predicted octanol–water partition coefficient (Wildman–Crippen LogP) is -0.00710. The Morgan fingerprint density at radius 1 is 1.50 bits per heavy atom. The van der Waals surface area contributed by atoms with Gasteiger partial charge >= 0.3 is 0 Å². The highest BCUT2D eigenvalue weighted by atomic mass is 32.2. The van der Waals surface area contributed by atoms with E-state index in [0.717, 1.165) is 26.1 Å². The second-order valence-electron chi connectivity index (χ2n) is 5.10. The van der Waals surface area contributed by atoms with Gasteiger partial charge in [0.05, 0.1) is 18.9 Å². The molecule has 3 atom stereocenters. The molecule has 3 N–H and O–H groups in total. The zero-order valence-corrected chi connectivity index (χ0v) is 11.4. The maximum Gasteiger partial charge on any atom is 0.108 e. The number of thioether (sulfide) groups is 1. The van der Waals surface area contributed by atoms with E-state index in [0.29, 0.717) is 18.0 Å². The van der Waals surface area contributed by atoms with Crippen molar-refractivity contribution in [3.05, 3.63) is 11.4 Å². The molecule has 0 aromatic rings. The van der Waals surface area contributed by atoms with Gasteiger partial charge in [0, 0.05) is 37.1 Å². The first kappa shape index (κ1) is 12.5. The van der Waals surface area contributed by atoms with Crippen molar-refractivity contribution in [2.75, 3.05) is 32.6 Å². The lowest BCUT2D eigenvalue weighted by Crippen LogP contribution is -2.47. The van der Waals surface area contributed by atoms with Gasteiger partial charge in [-0.2, -0.15) is 0 Å². The number of hydrogen-bond acceptors (Lipinski definition) is 6. The smallest absolute Gasteiger partial charge is 0.108 e. The average Bonchev–Trinajstić information content (AvgIpc) is 2.81. The van der Waals surface area contributed by atoms with E-state index in [2.05, 4.69) is 21.5 Å². The van der Waals surface area contributed by atoms with Crippen molar-refractivity contribution in [3.8, 4) is 0 Å². The molecule has 0 amide bonds. The number of nitrogens with two attached hydrogens (primary N) is 1. The first-order chi connectivity index (χ1) is 8.76. The Labute approximate surface area is 112 Å². The van der Waals surface area contributed by atoms with Crippen LogP contribution in [0.5, 0.6) is 0 Å². The van der Waals surface area contributed by atoms with E-state index < -0.39 is 0 Å². The standard InChI is InChI=1S/C12H20N4OS/c1-18-12-3-14-10-4-16(5-11(10)15-12)9-2-8(13)6-17-7-9/h3,8-9,12,15H,2,4-7,13H2,1H3. The van der Waals surface area contributed by atoms with Gasteiger partial charge in [-0.05, 0) is 12.7 Å². The van der Waals surface area contributed by atoms with Crippen LogP contribution in [-0.2, 0) is 4.74 Å². The average molecular weight is 268 g/mol. The van der Waals surface area contributed by atoms with Crippen LogP contribution in [0.1, 0.15) is 6.42 Å². The van der Waals surface area contributed by atoms with E-state index in [4.69, 9.17) is 10.5 Å². The maximum atomic E-state index is 5.97. The second kappa shape index (κ2) is 5.21. The van der Waals surface area contributed by atoms with Crippen molar-refractivity contribution in [3.63, 3.8) is 0 Å². The summed E-state index contributed by atoms with van der Waals surface area (Å²) in [4.78, 5) is 6.99. The lowest BCUT2D eigenvalue weighted by Gasteiger charge is -2.33. The molecule has 5 nitrogen and oxygen atoms in total. The number of aliphatic imine (C=N–C) groups is 1. The molecule has 6 heteroatoms. The Balaban J connectivity index is 1.62. The summed E-state index contributed by atoms with van der Waals surface area (Å²) in [5.41, 5.74) is 8.42. The Bertz CT molecular complexity index is 384. The van der Waals surface area contributed by atoms with Crippen molar-refractivity contribution in [2.24, 2.45) is 10.7 Å². The van der Waals surface area contributed by atoms with Gasteiger partial charge in [-0.1, -0.05) is 0 Å². The highest BCUT2D eigenvalue weighted by Crippen LogP contribution is 2.25. The van der Waals surface area contributed by atoms with E-state index in [1.807, 2.05) is 6.21 Å². The van der Waals surface area contributed by atoms with Crippen LogP contribution in [0.15, 0.2) is 16.4 Å². The zero-order chi connectivity index (χ0) is 12.5. The van der Waals surface area contributed by atoms with Crippen LogP contribution < -0.4 is 11.1 Å². The molecule has 3 rings (SSSR count). The van der Waals surface area contributed by atoms with Crippen LogP contribution in [0.25, 0.3) is 0 Å². The quantitative estimate of drug-likeness (QED) is 0.738. The number of hydrogen-bond donors (Lipinski definition) is 2. The van der Waals surface area contributed by atoms with Crippen LogP contribution in [-0.4, -0.2) is 61.1 Å². The molecule has 0 saturated carbocycles. The molecule has 0 aromatic heterocycles. The zero-order valence-electron chi connectivity index (χ0n) is 10.6. The fourth-order valence-corrected chi connectivity index (χ4v) is 3.17. The molecule has 3 unspecified atom stereocenters. The normalized spacial score (nSPS) is 36.7. The molecular weight excluding hydrogens is 248 g/mol. The minimum Gasteiger partial charge on any atom is -0.378 e. The minimum absolute atomic E-state index is 0.178. The highest BCUT2D eigenvalue weighted by molar-refractivity contribution is 7.99. The summed E-state index contributed by atoms with van der Waals surface area (Å²) < 4.78 is 5.55. The fourth-order valence-electron chi connectivity index (χ4n) is 2.73. The molecule has 1 fully saturated rings. The van der Waals surface area contributed by atoms with Crippen LogP contribution in [0.3, 0.4) is 0 Å². The first-order valence-electron chi connectivity index (χ1n) is 6.39. The van der Waals surface area contributed by atoms with Gasteiger partial charge in [0.1, 0.15) is 5.37 Å². The third-order valence-corrected chi connectivity index (χ3v) is 4.48. The van der Waals surface area contributed by atoms with Crippen molar-refractivity contribution < 1.29 is 4.74 Å². The van der Waals surface area contributed by atoms with Gasteiger partial charge in [-0.15, -0.1) is 11.8 Å². The Hall–Kier alpha value is -0.560. The van der Waals surface area contributed by atoms with E-state index in [9.17, 15) is 0 Å². The van der Waals surface area contributed by atoms with Crippen LogP contribution >= 0.6 is 11.8 Å². The summed E-state index contributed by atoms with van der Waals surface area (Å²) in [6, 6.07) is 0.612. The van der Waals surface area contributed by atoms with Crippen molar-refractivity contribution >= 4 is 18.0 Å². The monoisotopic (exact) mass is 268 g/mol. The Kier molecular flexibility index (Phi) is 3.61. The van der Waals surface area contributed by atoms with Gasteiger partial charge in [0.15, 0.2) is 0 Å². The maximum absolute atomic E-state index is 5.97. The molecule has 18 heavy (non-hydrogen) atoms. The fraction of sp³-hybridized carbons (Fsp3) is 0.750. The summed E-state index contributed by atoms with van der Waals surface area (Å²) in [7, 11) is 0. The van der Waals surface area contributed by atoms with Gasteiger partial charge < -0.3 is 15.8 Å². The Morgan fingerprint density at radius 2 is 2.39 bits per heavy atom. The molecule has 100 valence electrons. The van der Waals surface area contributed by atoms with Crippen molar-refractivity contribution in [2.45, 2.75) is 23.9 Å². The van der Waals surface area contributed by atoms with Gasteiger partial charge in [-0.25, -0.2) is 0 Å². The SMILES string of the molecule is CSC1C=NC2=C(CN(C3COCC(N)C3)C2)N1. The van der Waals surface area contributed by atoms with Gasteiger partial charge in [0.2, 0.25) is 0 Å². The molecule has 3 heterocycles. The van der Waals surface area contributed by atoms with E-state index >= 15 is 0 Å². The predicted molar refractivity (Wildman–Crippen MR) is 74.7 cm³/mol. The van der Waals surface area contributed by atoms with Crippen LogP contribution in [0.2, 0.25) is 0 Å². The number of nitrogens with one attached hydrogen (secondary N) is 1. The molecule has 1 saturated heterocycles. The molecule has 0 bridgehead atoms. The third-order valence-electron chi connectivity index (χ3n) is 3.73.